The molecule has 2 rings (SSSR count). The molecule has 0 saturated carbocycles. The van der Waals surface area contributed by atoms with Crippen molar-refractivity contribution in [3.05, 3.63) is 69.8 Å². The van der Waals surface area contributed by atoms with Crippen molar-refractivity contribution in [1.82, 2.24) is 4.90 Å². The van der Waals surface area contributed by atoms with Crippen LogP contribution in [-0.4, -0.2) is 35.9 Å². The SMILES string of the molecule is CCCCCCCCCCCCCCCCCCN(C)C(=O)C(=Cc1ccc([N+](=O)[O-])cc1)COc1ccc(N)cc1. The third kappa shape index (κ3) is 15.0. The van der Waals surface area contributed by atoms with Gasteiger partial charge >= 0.3 is 0 Å². The second-order valence-corrected chi connectivity index (χ2v) is 11.4. The number of nitrogens with zero attached hydrogens (tertiary/aromatic N) is 2. The second-order valence-electron chi connectivity index (χ2n) is 11.4. The van der Waals surface area contributed by atoms with Crippen LogP contribution >= 0.6 is 0 Å². The lowest BCUT2D eigenvalue weighted by molar-refractivity contribution is -0.384. The first-order chi connectivity index (χ1) is 20.4. The molecule has 7 heteroatoms. The van der Waals surface area contributed by atoms with Crippen molar-refractivity contribution in [2.75, 3.05) is 25.9 Å². The summed E-state index contributed by atoms with van der Waals surface area (Å²) in [6, 6.07) is 13.2. The average molecular weight is 580 g/mol. The Labute approximate surface area is 253 Å². The van der Waals surface area contributed by atoms with Gasteiger partial charge in [0, 0.05) is 31.4 Å². The molecule has 0 unspecified atom stereocenters. The van der Waals surface area contributed by atoms with E-state index < -0.39 is 4.92 Å². The predicted octanol–water partition coefficient (Wildman–Crippen LogP) is 9.36. The van der Waals surface area contributed by atoms with Gasteiger partial charge in [-0.15, -0.1) is 0 Å². The summed E-state index contributed by atoms with van der Waals surface area (Å²) in [5.41, 5.74) is 7.61. The lowest BCUT2D eigenvalue weighted by Gasteiger charge is -2.19. The number of non-ortho nitro benzene ring substituents is 1. The first-order valence-corrected chi connectivity index (χ1v) is 16.1. The molecule has 0 bridgehead atoms. The van der Waals surface area contributed by atoms with Crippen LogP contribution in [0.4, 0.5) is 11.4 Å². The Balaban J connectivity index is 1.69. The number of nitro groups is 1. The van der Waals surface area contributed by atoms with Gasteiger partial charge < -0.3 is 15.4 Å². The highest BCUT2D eigenvalue weighted by atomic mass is 16.6. The molecule has 0 aliphatic rings. The summed E-state index contributed by atoms with van der Waals surface area (Å²) >= 11 is 0. The van der Waals surface area contributed by atoms with Crippen LogP contribution < -0.4 is 10.5 Å². The van der Waals surface area contributed by atoms with Crippen molar-refractivity contribution in [2.24, 2.45) is 0 Å². The third-order valence-corrected chi connectivity index (χ3v) is 7.69. The molecule has 0 aliphatic carbocycles. The van der Waals surface area contributed by atoms with E-state index in [1.807, 2.05) is 7.05 Å². The second kappa shape index (κ2) is 21.4. The number of hydrogen-bond acceptors (Lipinski definition) is 5. The Morgan fingerprint density at radius 1 is 0.786 bits per heavy atom. The Morgan fingerprint density at radius 3 is 1.74 bits per heavy atom. The smallest absolute Gasteiger partial charge is 0.269 e. The van der Waals surface area contributed by atoms with Crippen molar-refractivity contribution >= 4 is 23.4 Å². The zero-order valence-electron chi connectivity index (χ0n) is 26.0. The summed E-state index contributed by atoms with van der Waals surface area (Å²) in [5.74, 6) is 0.511. The van der Waals surface area contributed by atoms with E-state index in [4.69, 9.17) is 10.5 Å². The number of nitrogens with two attached hydrogens (primary N) is 1. The molecule has 0 radical (unpaired) electrons. The number of nitro benzene ring substituents is 1. The zero-order chi connectivity index (χ0) is 30.4. The highest BCUT2D eigenvalue weighted by Crippen LogP contribution is 2.19. The quantitative estimate of drug-likeness (QED) is 0.0465. The van der Waals surface area contributed by atoms with Gasteiger partial charge in [-0.1, -0.05) is 103 Å². The fourth-order valence-corrected chi connectivity index (χ4v) is 5.03. The number of likely N-dealkylation sites (N-methyl/N-ethyl adjacent to an activating group) is 1. The zero-order valence-corrected chi connectivity index (χ0v) is 26.0. The number of hydrogen-bond donors (Lipinski definition) is 1. The lowest BCUT2D eigenvalue weighted by atomic mass is 10.0. The summed E-state index contributed by atoms with van der Waals surface area (Å²) < 4.78 is 5.88. The number of ether oxygens (including phenoxy) is 1. The summed E-state index contributed by atoms with van der Waals surface area (Å²) in [7, 11) is 1.82. The van der Waals surface area contributed by atoms with Crippen LogP contribution in [0.1, 0.15) is 115 Å². The van der Waals surface area contributed by atoms with Gasteiger partial charge in [0.1, 0.15) is 12.4 Å². The van der Waals surface area contributed by atoms with Crippen LogP contribution in [-0.2, 0) is 4.79 Å². The van der Waals surface area contributed by atoms with Gasteiger partial charge in [0.05, 0.1) is 10.5 Å². The summed E-state index contributed by atoms with van der Waals surface area (Å²) in [5, 5.41) is 11.0. The topological polar surface area (TPSA) is 98.7 Å². The Bertz CT molecular complexity index is 1050. The molecule has 0 heterocycles. The number of nitrogen functional groups attached to an aromatic ring is 1. The van der Waals surface area contributed by atoms with Gasteiger partial charge in [-0.3, -0.25) is 14.9 Å². The van der Waals surface area contributed by atoms with Gasteiger partial charge in [-0.25, -0.2) is 0 Å². The van der Waals surface area contributed by atoms with Gasteiger partial charge in [0.2, 0.25) is 0 Å². The summed E-state index contributed by atoms with van der Waals surface area (Å²) in [4.78, 5) is 25.7. The minimum absolute atomic E-state index is 0.0127. The molecule has 1 amide bonds. The Morgan fingerprint density at radius 2 is 1.26 bits per heavy atom. The van der Waals surface area contributed by atoms with Crippen molar-refractivity contribution in [2.45, 2.75) is 110 Å². The van der Waals surface area contributed by atoms with E-state index in [1.54, 1.807) is 47.4 Å². The summed E-state index contributed by atoms with van der Waals surface area (Å²) in [6.45, 7) is 3.03. The van der Waals surface area contributed by atoms with Crippen molar-refractivity contribution in [1.29, 1.82) is 0 Å². The molecule has 0 fully saturated rings. The highest BCUT2D eigenvalue weighted by Gasteiger charge is 2.16. The molecule has 2 N–H and O–H groups in total. The van der Waals surface area contributed by atoms with Gasteiger partial charge in [-0.2, -0.15) is 0 Å². The van der Waals surface area contributed by atoms with Gasteiger partial charge in [0.15, 0.2) is 0 Å². The molecule has 7 nitrogen and oxygen atoms in total. The van der Waals surface area contributed by atoms with Gasteiger partial charge in [0.25, 0.3) is 11.6 Å². The molecular weight excluding hydrogens is 526 g/mol. The number of anilines is 1. The fraction of sp³-hybridized carbons (Fsp3) is 0.571. The number of benzene rings is 2. The molecule has 2 aromatic rings. The van der Waals surface area contributed by atoms with Crippen LogP contribution in [0.25, 0.3) is 6.08 Å². The van der Waals surface area contributed by atoms with E-state index in [0.717, 1.165) is 12.8 Å². The maximum absolute atomic E-state index is 13.3. The van der Waals surface area contributed by atoms with Crippen LogP contribution in [0.3, 0.4) is 0 Å². The van der Waals surface area contributed by atoms with E-state index in [-0.39, 0.29) is 18.2 Å². The van der Waals surface area contributed by atoms with Crippen LogP contribution in [0.15, 0.2) is 54.1 Å². The third-order valence-electron chi connectivity index (χ3n) is 7.69. The fourth-order valence-electron chi connectivity index (χ4n) is 5.03. The number of unbranched alkanes of at least 4 members (excludes halogenated alkanes) is 15. The average Bonchev–Trinajstić information content (AvgIpc) is 2.99. The normalized spacial score (nSPS) is 11.4. The number of amides is 1. The molecule has 42 heavy (non-hydrogen) atoms. The minimum Gasteiger partial charge on any atom is -0.489 e. The van der Waals surface area contributed by atoms with Crippen molar-refractivity contribution in [3.8, 4) is 5.75 Å². The number of carbonyl (C=O) groups is 1. The monoisotopic (exact) mass is 579 g/mol. The molecule has 0 atom stereocenters. The largest absolute Gasteiger partial charge is 0.489 e. The Kier molecular flexibility index (Phi) is 17.7. The molecule has 0 aromatic heterocycles. The lowest BCUT2D eigenvalue weighted by Crippen LogP contribution is -2.31. The minimum atomic E-state index is -0.435. The van der Waals surface area contributed by atoms with E-state index in [0.29, 0.717) is 29.1 Å². The molecule has 232 valence electrons. The van der Waals surface area contributed by atoms with Crippen LogP contribution in [0.5, 0.6) is 5.75 Å². The van der Waals surface area contributed by atoms with E-state index >= 15 is 0 Å². The van der Waals surface area contributed by atoms with Crippen molar-refractivity contribution < 1.29 is 14.5 Å². The van der Waals surface area contributed by atoms with E-state index in [2.05, 4.69) is 6.92 Å². The number of rotatable bonds is 23. The first-order valence-electron chi connectivity index (χ1n) is 16.1. The maximum Gasteiger partial charge on any atom is 0.269 e. The molecular formula is C35H53N3O4. The van der Waals surface area contributed by atoms with Crippen LogP contribution in [0, 0.1) is 10.1 Å². The number of carbonyl (C=O) groups excluding carboxylic acids is 1. The van der Waals surface area contributed by atoms with E-state index in [9.17, 15) is 14.9 Å². The molecule has 0 saturated heterocycles. The summed E-state index contributed by atoms with van der Waals surface area (Å²) in [6.07, 6.45) is 22.8. The van der Waals surface area contributed by atoms with Crippen molar-refractivity contribution in [3.63, 3.8) is 0 Å². The predicted molar refractivity (Wildman–Crippen MR) is 175 cm³/mol. The highest BCUT2D eigenvalue weighted by molar-refractivity contribution is 5.98. The van der Waals surface area contributed by atoms with E-state index in [1.165, 1.54) is 102 Å². The molecule has 0 spiro atoms. The maximum atomic E-state index is 13.3. The standard InChI is InChI=1S/C35H53N3O4/c1-3-4-5-6-7-8-9-10-11-12-13-14-15-16-17-18-27-37(2)35(39)31(29-42-34-25-21-32(36)22-26-34)28-30-19-23-33(24-20-30)38(40)41/h19-26,28H,3-18,27,29,36H2,1-2H3. The Hall–Kier alpha value is -3.35. The molecule has 2 aromatic carbocycles. The molecule has 0 aliphatic heterocycles. The first kappa shape index (κ1) is 34.8. The van der Waals surface area contributed by atoms with Crippen LogP contribution in [0.2, 0.25) is 0 Å². The van der Waals surface area contributed by atoms with Gasteiger partial charge in [-0.05, 0) is 54.5 Å².